The summed E-state index contributed by atoms with van der Waals surface area (Å²) < 4.78 is 2.26. The normalized spacial score (nSPS) is 11.4. The molecule has 0 radical (unpaired) electrons. The summed E-state index contributed by atoms with van der Waals surface area (Å²) >= 11 is 1.42. The van der Waals surface area contributed by atoms with Gasteiger partial charge in [0, 0.05) is 11.6 Å². The van der Waals surface area contributed by atoms with Crippen molar-refractivity contribution in [2.24, 2.45) is 0 Å². The molecule has 3 aromatic heterocycles. The van der Waals surface area contributed by atoms with E-state index in [0.717, 1.165) is 33.4 Å². The van der Waals surface area contributed by atoms with Crippen LogP contribution in [0.3, 0.4) is 0 Å². The van der Waals surface area contributed by atoms with Crippen LogP contribution in [0.4, 0.5) is 0 Å². The number of hydrogen-bond acceptors (Lipinski definition) is 4. The molecule has 23 heavy (non-hydrogen) atoms. The molecule has 0 aliphatic carbocycles. The molecule has 0 aliphatic rings. The second-order valence-electron chi connectivity index (χ2n) is 5.54. The Labute approximate surface area is 137 Å². The Hall–Kier alpha value is -2.53. The second-order valence-corrected chi connectivity index (χ2v) is 6.54. The van der Waals surface area contributed by atoms with Gasteiger partial charge in [-0.05, 0) is 37.1 Å². The largest absolute Gasteiger partial charge is 0.275 e. The van der Waals surface area contributed by atoms with Gasteiger partial charge in [0.05, 0.1) is 11.2 Å². The molecule has 4 aromatic rings. The predicted molar refractivity (Wildman–Crippen MR) is 94.6 cm³/mol. The highest BCUT2D eigenvalue weighted by Gasteiger charge is 2.15. The average Bonchev–Trinajstić information content (AvgIpc) is 2.96. The number of fused-ring (bicyclic) bond motifs is 3. The van der Waals surface area contributed by atoms with Gasteiger partial charge in [0.2, 0.25) is 0 Å². The Kier molecular flexibility index (Phi) is 3.23. The van der Waals surface area contributed by atoms with Crippen LogP contribution in [0.15, 0.2) is 47.7 Å². The molecule has 3 heterocycles. The lowest BCUT2D eigenvalue weighted by atomic mass is 10.1. The first-order valence-corrected chi connectivity index (χ1v) is 8.35. The van der Waals surface area contributed by atoms with Gasteiger partial charge in [0.15, 0.2) is 0 Å². The number of benzene rings is 1. The Bertz CT molecular complexity index is 1080. The van der Waals surface area contributed by atoms with E-state index in [1.165, 1.54) is 16.9 Å². The maximum absolute atomic E-state index is 12.9. The summed E-state index contributed by atoms with van der Waals surface area (Å²) in [5.74, 6) is 0. The van der Waals surface area contributed by atoms with E-state index in [-0.39, 0.29) is 5.56 Å². The summed E-state index contributed by atoms with van der Waals surface area (Å²) in [6, 6.07) is 9.86. The van der Waals surface area contributed by atoms with E-state index in [1.54, 1.807) is 17.1 Å². The molecular weight excluding hydrogens is 306 g/mol. The maximum Gasteiger partial charge on any atom is 0.275 e. The van der Waals surface area contributed by atoms with E-state index in [1.807, 2.05) is 37.3 Å². The van der Waals surface area contributed by atoms with Gasteiger partial charge in [-0.25, -0.2) is 9.97 Å². The Morgan fingerprint density at radius 2 is 1.91 bits per heavy atom. The quantitative estimate of drug-likeness (QED) is 0.563. The summed E-state index contributed by atoms with van der Waals surface area (Å²) in [7, 11) is 0. The summed E-state index contributed by atoms with van der Waals surface area (Å²) in [4.78, 5) is 22.8. The van der Waals surface area contributed by atoms with E-state index < -0.39 is 0 Å². The number of aryl methyl sites for hydroxylation is 2. The topological polar surface area (TPSA) is 47.8 Å². The lowest BCUT2D eigenvalue weighted by Gasteiger charge is -2.05. The first-order chi connectivity index (χ1) is 11.2. The van der Waals surface area contributed by atoms with Gasteiger partial charge in [-0.3, -0.25) is 9.36 Å². The molecule has 0 aliphatic heterocycles. The number of pyridine rings is 1. The second kappa shape index (κ2) is 5.28. The third-order valence-corrected chi connectivity index (χ3v) is 5.14. The lowest BCUT2D eigenvalue weighted by molar-refractivity contribution is 0.966. The monoisotopic (exact) mass is 321 g/mol. The van der Waals surface area contributed by atoms with E-state index in [2.05, 4.69) is 16.9 Å². The highest BCUT2D eigenvalue weighted by Crippen LogP contribution is 2.31. The van der Waals surface area contributed by atoms with Crippen LogP contribution in [0.1, 0.15) is 18.1 Å². The molecule has 114 valence electrons. The fourth-order valence-electron chi connectivity index (χ4n) is 2.80. The molecule has 0 fully saturated rings. The first-order valence-electron chi connectivity index (χ1n) is 7.54. The van der Waals surface area contributed by atoms with Crippen molar-refractivity contribution in [3.63, 3.8) is 0 Å². The molecule has 0 spiro atoms. The van der Waals surface area contributed by atoms with Crippen molar-refractivity contribution in [3.8, 4) is 5.69 Å². The molecule has 5 heteroatoms. The number of rotatable bonds is 2. The molecule has 0 atom stereocenters. The Balaban J connectivity index is 2.04. The molecule has 0 amide bonds. The van der Waals surface area contributed by atoms with Crippen molar-refractivity contribution in [2.75, 3.05) is 0 Å². The maximum atomic E-state index is 12.9. The molecule has 4 nitrogen and oxygen atoms in total. The molecule has 0 N–H and O–H groups in total. The van der Waals surface area contributed by atoms with Gasteiger partial charge < -0.3 is 0 Å². The fraction of sp³-hybridized carbons (Fsp3) is 0.167. The van der Waals surface area contributed by atoms with Crippen LogP contribution in [0.2, 0.25) is 0 Å². The summed E-state index contributed by atoms with van der Waals surface area (Å²) in [6.07, 6.45) is 4.32. The van der Waals surface area contributed by atoms with E-state index in [4.69, 9.17) is 0 Å². The minimum Gasteiger partial charge on any atom is -0.267 e. The van der Waals surface area contributed by atoms with Gasteiger partial charge in [-0.15, -0.1) is 11.3 Å². The number of nitrogens with zero attached hydrogens (tertiary/aromatic N) is 3. The third-order valence-electron chi connectivity index (χ3n) is 4.06. The smallest absolute Gasteiger partial charge is 0.267 e. The molecule has 4 rings (SSSR count). The summed E-state index contributed by atoms with van der Waals surface area (Å²) in [5.41, 5.74) is 3.90. The number of aromatic nitrogens is 3. The van der Waals surface area contributed by atoms with Crippen LogP contribution in [0.5, 0.6) is 0 Å². The van der Waals surface area contributed by atoms with E-state index >= 15 is 0 Å². The summed E-state index contributed by atoms with van der Waals surface area (Å²) in [6.45, 7) is 4.13. The van der Waals surface area contributed by atoms with Crippen LogP contribution in [-0.2, 0) is 6.42 Å². The van der Waals surface area contributed by atoms with Crippen molar-refractivity contribution >= 4 is 31.8 Å². The standard InChI is InChI=1S/C18H15N3OS/c1-3-12-8-9-19-17-14(12)15-16(23-17)18(22)21(10-20-15)13-6-4-11(2)5-7-13/h4-10H,3H2,1-2H3. The molecule has 0 saturated carbocycles. The predicted octanol–water partition coefficient (Wildman–Crippen LogP) is 3.87. The fourth-order valence-corrected chi connectivity index (χ4v) is 3.87. The van der Waals surface area contributed by atoms with Crippen LogP contribution >= 0.6 is 11.3 Å². The summed E-state index contributed by atoms with van der Waals surface area (Å²) in [5, 5.41) is 1.02. The van der Waals surface area contributed by atoms with Crippen LogP contribution in [-0.4, -0.2) is 14.5 Å². The van der Waals surface area contributed by atoms with E-state index in [0.29, 0.717) is 4.70 Å². The van der Waals surface area contributed by atoms with Crippen molar-refractivity contribution in [3.05, 3.63) is 64.3 Å². The van der Waals surface area contributed by atoms with Crippen LogP contribution in [0.25, 0.3) is 26.1 Å². The lowest BCUT2D eigenvalue weighted by Crippen LogP contribution is -2.17. The van der Waals surface area contributed by atoms with Crippen molar-refractivity contribution in [1.29, 1.82) is 0 Å². The Morgan fingerprint density at radius 1 is 1.13 bits per heavy atom. The van der Waals surface area contributed by atoms with Gasteiger partial charge in [0.25, 0.3) is 5.56 Å². The van der Waals surface area contributed by atoms with Crippen molar-refractivity contribution in [1.82, 2.24) is 14.5 Å². The number of hydrogen-bond donors (Lipinski definition) is 0. The van der Waals surface area contributed by atoms with Gasteiger partial charge >= 0.3 is 0 Å². The van der Waals surface area contributed by atoms with Gasteiger partial charge in [0.1, 0.15) is 15.9 Å². The molecular formula is C18H15N3OS. The zero-order valence-electron chi connectivity index (χ0n) is 12.9. The van der Waals surface area contributed by atoms with Crippen LogP contribution < -0.4 is 5.56 Å². The number of thiophene rings is 1. The highest BCUT2D eigenvalue weighted by atomic mass is 32.1. The molecule has 0 bridgehead atoms. The third kappa shape index (κ3) is 2.16. The molecule has 1 aromatic carbocycles. The SMILES string of the molecule is CCc1ccnc2sc3c(=O)n(-c4ccc(C)cc4)cnc3c12. The zero-order chi connectivity index (χ0) is 16.0. The van der Waals surface area contributed by atoms with Gasteiger partial charge in [-0.1, -0.05) is 24.6 Å². The van der Waals surface area contributed by atoms with E-state index in [9.17, 15) is 4.79 Å². The minimum absolute atomic E-state index is 0.0380. The van der Waals surface area contributed by atoms with Gasteiger partial charge in [-0.2, -0.15) is 0 Å². The average molecular weight is 321 g/mol. The minimum atomic E-state index is -0.0380. The highest BCUT2D eigenvalue weighted by molar-refractivity contribution is 7.25. The van der Waals surface area contributed by atoms with Crippen molar-refractivity contribution in [2.45, 2.75) is 20.3 Å². The molecule has 0 saturated heterocycles. The van der Waals surface area contributed by atoms with Crippen molar-refractivity contribution < 1.29 is 0 Å². The zero-order valence-corrected chi connectivity index (χ0v) is 13.7. The first kappa shape index (κ1) is 14.1. The Morgan fingerprint density at radius 3 is 2.65 bits per heavy atom. The van der Waals surface area contributed by atoms with Crippen LogP contribution in [0, 0.1) is 6.92 Å². The molecule has 0 unspecified atom stereocenters.